The van der Waals surface area contributed by atoms with Gasteiger partial charge in [0.15, 0.2) is 0 Å². The van der Waals surface area contributed by atoms with Crippen LogP contribution in [0.2, 0.25) is 78.6 Å². The predicted molar refractivity (Wildman–Crippen MR) is 197 cm³/mol. The van der Waals surface area contributed by atoms with Crippen LogP contribution in [0.4, 0.5) is 0 Å². The SMILES string of the molecule is C[SiH](C)N[SiH3].C[SiH](C)N[SiH3].C[SiH](C)N[SiH3].C[SiH](C)N[SiH3].C[SiH](C)N[SiH3].C[SiH](C)N[SiH3].[Li]. The molecule has 0 fully saturated rings. The zero-order chi connectivity index (χ0) is 25.7. The molecule has 6 N–H and O–H groups in total. The van der Waals surface area contributed by atoms with E-state index in [-0.39, 0.29) is 72.6 Å². The summed E-state index contributed by atoms with van der Waals surface area (Å²) in [5.74, 6) is 0. The molecule has 0 amide bonds. The predicted octanol–water partition coefficient (Wildman–Crippen LogP) is -7.34. The van der Waals surface area contributed by atoms with Crippen molar-refractivity contribution in [2.45, 2.75) is 78.6 Å². The fraction of sp³-hybridized carbons (Fsp3) is 1.00. The molecule has 0 aliphatic heterocycles. The van der Waals surface area contributed by atoms with Crippen LogP contribution < -0.4 is 27.9 Å². The van der Waals surface area contributed by atoms with Crippen molar-refractivity contribution >= 4 is 135 Å². The molecule has 0 unspecified atom stereocenters. The Bertz CT molecular complexity index is 198. The third-order valence-electron chi connectivity index (χ3n) is 3.46. The molecule has 0 aromatic rings. The molecule has 6 nitrogen and oxygen atoms in total. The first kappa shape index (κ1) is 50.8. The van der Waals surface area contributed by atoms with Gasteiger partial charge in [-0.15, -0.1) is 0 Å². The van der Waals surface area contributed by atoms with Gasteiger partial charge in [-0.05, 0) is 0 Å². The summed E-state index contributed by atoms with van der Waals surface area (Å²) in [6, 6.07) is 0. The van der Waals surface area contributed by atoms with E-state index in [1.807, 2.05) is 0 Å². The molecule has 0 saturated carbocycles. The molecule has 193 valence electrons. The third-order valence-corrected chi connectivity index (χ3v) is 31.2. The second-order valence-electron chi connectivity index (χ2n) is 8.66. The second kappa shape index (κ2) is 46.3. The van der Waals surface area contributed by atoms with E-state index in [4.69, 9.17) is 0 Å². The molecule has 0 heterocycles. The van der Waals surface area contributed by atoms with Gasteiger partial charge in [0.25, 0.3) is 0 Å². The van der Waals surface area contributed by atoms with Gasteiger partial charge < -0.3 is 27.9 Å². The summed E-state index contributed by atoms with van der Waals surface area (Å²) in [5, 5.41) is 0. The van der Waals surface area contributed by atoms with Gasteiger partial charge in [-0.25, -0.2) is 0 Å². The average Bonchev–Trinajstić information content (AvgIpc) is 2.69. The Morgan fingerprint density at radius 2 is 0.323 bits per heavy atom. The van der Waals surface area contributed by atoms with E-state index in [9.17, 15) is 0 Å². The normalized spacial score (nSPS) is 9.87. The summed E-state index contributed by atoms with van der Waals surface area (Å²) in [7, 11) is 5.08. The molecule has 0 aromatic carbocycles. The average molecular weight is 639 g/mol. The van der Waals surface area contributed by atoms with Crippen molar-refractivity contribution in [3.63, 3.8) is 0 Å². The Hall–Kier alpha value is 2.96. The van der Waals surface area contributed by atoms with Gasteiger partial charge in [-0.2, -0.15) is 0 Å². The Morgan fingerprint density at radius 1 is 0.290 bits per heavy atom. The molecular weight excluding hydrogens is 572 g/mol. The Morgan fingerprint density at radius 3 is 0.323 bits per heavy atom. The molecule has 0 aromatic heterocycles. The molecule has 0 saturated heterocycles. The van der Waals surface area contributed by atoms with Crippen LogP contribution in [0.3, 0.4) is 0 Å². The van der Waals surface area contributed by atoms with Crippen LogP contribution in [0.1, 0.15) is 0 Å². The molecule has 1 radical (unpaired) electrons. The van der Waals surface area contributed by atoms with E-state index in [0.717, 1.165) is 0 Å². The minimum absolute atomic E-state index is 0. The summed E-state index contributed by atoms with van der Waals surface area (Å²) in [6.07, 6.45) is 0. The zero-order valence-corrected chi connectivity index (χ0v) is 44.4. The van der Waals surface area contributed by atoms with Gasteiger partial charge in [-0.1, -0.05) is 78.6 Å². The maximum Gasteiger partial charge on any atom is 0.0950 e. The first-order valence-corrected chi connectivity index (χ1v) is 35.0. The van der Waals surface area contributed by atoms with E-state index in [1.165, 1.54) is 62.4 Å². The molecular formula is C12H66LiN6Si12. The van der Waals surface area contributed by atoms with Crippen LogP contribution in [0, 0.1) is 0 Å². The van der Waals surface area contributed by atoms with Crippen LogP contribution in [-0.4, -0.2) is 135 Å². The van der Waals surface area contributed by atoms with Gasteiger partial charge in [0.2, 0.25) is 0 Å². The third kappa shape index (κ3) is 141. The summed E-state index contributed by atoms with van der Waals surface area (Å²) in [4.78, 5) is 0. The minimum Gasteiger partial charge on any atom is -0.369 e. The quantitative estimate of drug-likeness (QED) is 0.163. The van der Waals surface area contributed by atoms with Crippen LogP contribution >= 0.6 is 0 Å². The van der Waals surface area contributed by atoms with Crippen molar-refractivity contribution in [2.75, 3.05) is 0 Å². The van der Waals surface area contributed by atoms with Crippen molar-refractivity contribution in [2.24, 2.45) is 0 Å². The van der Waals surface area contributed by atoms with Gasteiger partial charge in [0, 0.05) is 18.9 Å². The summed E-state index contributed by atoms with van der Waals surface area (Å²) in [6.45, 7) is 27.4. The van der Waals surface area contributed by atoms with E-state index in [0.29, 0.717) is 0 Å². The fourth-order valence-corrected chi connectivity index (χ4v) is 0. The van der Waals surface area contributed by atoms with Crippen LogP contribution in [0.5, 0.6) is 0 Å². The molecule has 0 atom stereocenters. The number of hydrogen-bond donors (Lipinski definition) is 6. The summed E-state index contributed by atoms with van der Waals surface area (Å²) < 4.78 is 19.8. The van der Waals surface area contributed by atoms with Gasteiger partial charge >= 0.3 is 0 Å². The van der Waals surface area contributed by atoms with E-state index in [1.54, 1.807) is 0 Å². The Kier molecular flexibility index (Phi) is 75.8. The number of hydrogen-bond acceptors (Lipinski definition) is 6. The number of rotatable bonds is 6. The van der Waals surface area contributed by atoms with Gasteiger partial charge in [-0.3, -0.25) is 0 Å². The van der Waals surface area contributed by atoms with Crippen LogP contribution in [0.25, 0.3) is 0 Å². The van der Waals surface area contributed by atoms with Crippen molar-refractivity contribution in [3.8, 4) is 0 Å². The van der Waals surface area contributed by atoms with Crippen molar-refractivity contribution in [1.29, 1.82) is 0 Å². The maximum atomic E-state index is 3.31. The second-order valence-corrected chi connectivity index (χ2v) is 36.4. The van der Waals surface area contributed by atoms with Gasteiger partial charge in [0.05, 0.1) is 116 Å². The molecule has 0 rings (SSSR count). The van der Waals surface area contributed by atoms with Gasteiger partial charge in [0.1, 0.15) is 0 Å². The minimum atomic E-state index is -0.338. The molecule has 0 spiro atoms. The number of nitrogens with one attached hydrogen (secondary N) is 6. The van der Waals surface area contributed by atoms with Crippen molar-refractivity contribution in [3.05, 3.63) is 0 Å². The molecule has 0 bridgehead atoms. The first-order valence-electron chi connectivity index (χ1n) is 11.7. The molecule has 0 aliphatic carbocycles. The fourth-order valence-electron chi connectivity index (χ4n) is 0. The van der Waals surface area contributed by atoms with E-state index < -0.39 is 0 Å². The van der Waals surface area contributed by atoms with Crippen molar-refractivity contribution in [1.82, 2.24) is 27.9 Å². The van der Waals surface area contributed by atoms with Crippen LogP contribution in [-0.2, 0) is 0 Å². The Balaban J connectivity index is -0.0000000443. The monoisotopic (exact) mass is 637 g/mol. The zero-order valence-electron chi connectivity index (χ0n) is 25.5. The summed E-state index contributed by atoms with van der Waals surface area (Å²) in [5.41, 5.74) is 0. The van der Waals surface area contributed by atoms with Crippen molar-refractivity contribution < 1.29 is 0 Å². The van der Waals surface area contributed by atoms with Crippen LogP contribution in [0.15, 0.2) is 0 Å². The first-order chi connectivity index (χ1) is 13.6. The molecule has 0 aliphatic rings. The van der Waals surface area contributed by atoms with E-state index in [2.05, 4.69) is 106 Å². The molecule has 19 heteroatoms. The standard InChI is InChI=1S/6C2H11NSi2.Li/c6*1-5(2)3-4;/h6*3,5H,1-2,4H3;. The maximum absolute atomic E-state index is 3.31. The topological polar surface area (TPSA) is 72.2 Å². The largest absolute Gasteiger partial charge is 0.369 e. The molecule has 31 heavy (non-hydrogen) atoms. The van der Waals surface area contributed by atoms with E-state index >= 15 is 0 Å². The Labute approximate surface area is 239 Å². The smallest absolute Gasteiger partial charge is 0.0950 e. The summed E-state index contributed by atoms with van der Waals surface area (Å²) >= 11 is 0.